The van der Waals surface area contributed by atoms with Crippen LogP contribution in [0.15, 0.2) is 71.4 Å². The molecule has 2 bridgehead atoms. The van der Waals surface area contributed by atoms with Crippen molar-refractivity contribution < 1.29 is 0 Å². The minimum Gasteiger partial charge on any atom is -0.0985 e. The number of fused-ring (bicyclic) bond motifs is 3. The van der Waals surface area contributed by atoms with Crippen LogP contribution in [0.2, 0.25) is 0 Å². The van der Waals surface area contributed by atoms with E-state index in [1.54, 1.807) is 0 Å². The van der Waals surface area contributed by atoms with Crippen LogP contribution in [-0.4, -0.2) is 0 Å². The molecule has 0 aromatic carbocycles. The van der Waals surface area contributed by atoms with Crippen LogP contribution in [0.4, 0.5) is 0 Å². The van der Waals surface area contributed by atoms with E-state index < -0.39 is 0 Å². The summed E-state index contributed by atoms with van der Waals surface area (Å²) in [5, 5.41) is 0. The van der Waals surface area contributed by atoms with Crippen LogP contribution in [-0.2, 0) is 0 Å². The fourth-order valence-corrected chi connectivity index (χ4v) is 3.42. The van der Waals surface area contributed by atoms with Crippen LogP contribution in [0.1, 0.15) is 26.2 Å². The number of rotatable bonds is 1. The van der Waals surface area contributed by atoms with E-state index >= 15 is 0 Å². The van der Waals surface area contributed by atoms with Gasteiger partial charge in [0, 0.05) is 5.92 Å². The van der Waals surface area contributed by atoms with Gasteiger partial charge in [-0.2, -0.15) is 0 Å². The average molecular weight is 236 g/mol. The zero-order chi connectivity index (χ0) is 12.5. The summed E-state index contributed by atoms with van der Waals surface area (Å²) in [4.78, 5) is 0. The van der Waals surface area contributed by atoms with Crippen molar-refractivity contribution in [1.82, 2.24) is 0 Å². The monoisotopic (exact) mass is 236 g/mol. The van der Waals surface area contributed by atoms with Crippen molar-refractivity contribution in [3.63, 3.8) is 0 Å². The number of hydrogen-bond donors (Lipinski definition) is 0. The molecule has 0 N–H and O–H groups in total. The molecule has 3 rings (SSSR count). The Morgan fingerprint density at radius 3 is 2.78 bits per heavy atom. The topological polar surface area (TPSA) is 0 Å². The smallest absolute Gasteiger partial charge is 0.00326 e. The fourth-order valence-electron chi connectivity index (χ4n) is 3.42. The van der Waals surface area contributed by atoms with E-state index in [2.05, 4.69) is 56.0 Å². The Morgan fingerprint density at radius 1 is 1.22 bits per heavy atom. The first-order valence-electron chi connectivity index (χ1n) is 6.89. The van der Waals surface area contributed by atoms with E-state index in [4.69, 9.17) is 0 Å². The lowest BCUT2D eigenvalue weighted by Crippen LogP contribution is -2.06. The first-order valence-corrected chi connectivity index (χ1v) is 6.89. The zero-order valence-corrected chi connectivity index (χ0v) is 11.0. The summed E-state index contributed by atoms with van der Waals surface area (Å²) in [6, 6.07) is 0. The lowest BCUT2D eigenvalue weighted by molar-refractivity contribution is 0.595. The number of allylic oxidation sites excluding steroid dienone is 11. The van der Waals surface area contributed by atoms with Gasteiger partial charge in [0.05, 0.1) is 0 Å². The van der Waals surface area contributed by atoms with Gasteiger partial charge in [0.1, 0.15) is 0 Å². The van der Waals surface area contributed by atoms with Gasteiger partial charge in [0.2, 0.25) is 0 Å². The van der Waals surface area contributed by atoms with Crippen LogP contribution in [0.25, 0.3) is 0 Å². The van der Waals surface area contributed by atoms with E-state index in [0.717, 1.165) is 0 Å². The third kappa shape index (κ3) is 1.77. The molecule has 0 amide bonds. The molecular formula is C18H20. The van der Waals surface area contributed by atoms with Crippen LogP contribution < -0.4 is 0 Å². The summed E-state index contributed by atoms with van der Waals surface area (Å²) < 4.78 is 0. The molecule has 0 saturated carbocycles. The molecule has 92 valence electrons. The maximum atomic E-state index is 4.05. The second kappa shape index (κ2) is 4.61. The molecule has 0 aromatic rings. The molecule has 2 unspecified atom stereocenters. The Kier molecular flexibility index (Phi) is 2.95. The first-order chi connectivity index (χ1) is 8.81. The third-order valence-corrected chi connectivity index (χ3v) is 4.42. The largest absolute Gasteiger partial charge is 0.0985 e. The standard InChI is InChI=1S/C18H20/c1-3-16-13(2)14-8-4-5-9-15(12-14)17-10-6-7-11-18(16)17/h3-6,8-10,14-15H,1,7,11-12H2,2H3. The highest BCUT2D eigenvalue weighted by atomic mass is 14.3. The molecule has 0 aliphatic heterocycles. The lowest BCUT2D eigenvalue weighted by atomic mass is 9.84. The lowest BCUT2D eigenvalue weighted by Gasteiger charge is -2.20. The van der Waals surface area contributed by atoms with Crippen molar-refractivity contribution >= 4 is 0 Å². The Morgan fingerprint density at radius 2 is 2.00 bits per heavy atom. The quantitative estimate of drug-likeness (QED) is 0.607. The van der Waals surface area contributed by atoms with Gasteiger partial charge in [-0.15, -0.1) is 0 Å². The van der Waals surface area contributed by atoms with Crippen LogP contribution in [0.3, 0.4) is 0 Å². The molecule has 0 radical (unpaired) electrons. The van der Waals surface area contributed by atoms with Crippen molar-refractivity contribution in [1.29, 1.82) is 0 Å². The van der Waals surface area contributed by atoms with E-state index in [1.807, 2.05) is 0 Å². The normalized spacial score (nSPS) is 30.1. The maximum absolute atomic E-state index is 4.05. The predicted octanol–water partition coefficient (Wildman–Crippen LogP) is 4.90. The maximum Gasteiger partial charge on any atom is 0.00326 e. The molecule has 3 aliphatic carbocycles. The Labute approximate surface area is 110 Å². The molecule has 2 atom stereocenters. The summed E-state index contributed by atoms with van der Waals surface area (Å²) in [5.41, 5.74) is 5.97. The van der Waals surface area contributed by atoms with Gasteiger partial charge in [-0.1, -0.05) is 54.7 Å². The van der Waals surface area contributed by atoms with Crippen molar-refractivity contribution in [2.75, 3.05) is 0 Å². The summed E-state index contributed by atoms with van der Waals surface area (Å²) in [7, 11) is 0. The second-order valence-electron chi connectivity index (χ2n) is 5.39. The summed E-state index contributed by atoms with van der Waals surface area (Å²) in [5.74, 6) is 1.14. The highest BCUT2D eigenvalue weighted by molar-refractivity contribution is 5.54. The van der Waals surface area contributed by atoms with Crippen molar-refractivity contribution in [3.05, 3.63) is 71.4 Å². The highest BCUT2D eigenvalue weighted by Gasteiger charge is 2.27. The van der Waals surface area contributed by atoms with Gasteiger partial charge < -0.3 is 0 Å². The SMILES string of the molecule is C=CC1=C(C)C2C=CC=CC(C2)C2=C1CCC=C2. The van der Waals surface area contributed by atoms with Crippen molar-refractivity contribution in [2.45, 2.75) is 26.2 Å². The van der Waals surface area contributed by atoms with E-state index in [0.29, 0.717) is 11.8 Å². The van der Waals surface area contributed by atoms with E-state index in [1.165, 1.54) is 41.6 Å². The molecule has 0 aromatic heterocycles. The van der Waals surface area contributed by atoms with Gasteiger partial charge in [0.15, 0.2) is 0 Å². The summed E-state index contributed by atoms with van der Waals surface area (Å²) >= 11 is 0. The minimum atomic E-state index is 0.567. The van der Waals surface area contributed by atoms with E-state index in [-0.39, 0.29) is 0 Å². The average Bonchev–Trinajstić information content (AvgIpc) is 2.70. The molecular weight excluding hydrogens is 216 g/mol. The summed E-state index contributed by atoms with van der Waals surface area (Å²) in [6.45, 7) is 6.33. The molecule has 0 nitrogen and oxygen atoms in total. The molecule has 0 heteroatoms. The van der Waals surface area contributed by atoms with Gasteiger partial charge in [-0.05, 0) is 48.8 Å². The van der Waals surface area contributed by atoms with Crippen molar-refractivity contribution in [2.24, 2.45) is 11.8 Å². The van der Waals surface area contributed by atoms with Crippen LogP contribution in [0, 0.1) is 11.8 Å². The Bertz CT molecular complexity index is 520. The van der Waals surface area contributed by atoms with Gasteiger partial charge >= 0.3 is 0 Å². The van der Waals surface area contributed by atoms with Gasteiger partial charge in [0.25, 0.3) is 0 Å². The molecule has 0 fully saturated rings. The van der Waals surface area contributed by atoms with Crippen LogP contribution >= 0.6 is 0 Å². The highest BCUT2D eigenvalue weighted by Crippen LogP contribution is 2.42. The molecule has 18 heavy (non-hydrogen) atoms. The first kappa shape index (κ1) is 11.5. The molecule has 0 heterocycles. The minimum absolute atomic E-state index is 0.567. The Hall–Kier alpha value is -1.56. The Balaban J connectivity index is 2.20. The number of hydrogen-bond acceptors (Lipinski definition) is 0. The van der Waals surface area contributed by atoms with E-state index in [9.17, 15) is 0 Å². The van der Waals surface area contributed by atoms with Crippen molar-refractivity contribution in [3.8, 4) is 0 Å². The zero-order valence-electron chi connectivity index (χ0n) is 11.0. The molecule has 0 saturated heterocycles. The molecule has 0 spiro atoms. The fraction of sp³-hybridized carbons (Fsp3) is 0.333. The van der Waals surface area contributed by atoms with Crippen LogP contribution in [0.5, 0.6) is 0 Å². The summed E-state index contributed by atoms with van der Waals surface area (Å²) in [6.07, 6.45) is 19.4. The second-order valence-corrected chi connectivity index (χ2v) is 5.39. The van der Waals surface area contributed by atoms with Gasteiger partial charge in [-0.3, -0.25) is 0 Å². The van der Waals surface area contributed by atoms with Gasteiger partial charge in [-0.25, -0.2) is 0 Å². The third-order valence-electron chi connectivity index (χ3n) is 4.42. The molecule has 3 aliphatic rings. The predicted molar refractivity (Wildman–Crippen MR) is 78.2 cm³/mol.